The van der Waals surface area contributed by atoms with E-state index in [1.165, 1.54) is 11.8 Å². The molecule has 1 aromatic carbocycles. The fourth-order valence-corrected chi connectivity index (χ4v) is 3.04. The molecule has 0 radical (unpaired) electrons. The van der Waals surface area contributed by atoms with Gasteiger partial charge in [-0.2, -0.15) is 0 Å². The summed E-state index contributed by atoms with van der Waals surface area (Å²) in [4.78, 5) is 17.1. The van der Waals surface area contributed by atoms with Crippen LogP contribution < -0.4 is 10.6 Å². The molecule has 20 heavy (non-hydrogen) atoms. The Balaban J connectivity index is 1.87. The zero-order valence-corrected chi connectivity index (χ0v) is 12.3. The number of hydrogen-bond acceptors (Lipinski definition) is 5. The minimum absolute atomic E-state index is 0.0209. The monoisotopic (exact) mass is 289 g/mol. The maximum atomic E-state index is 11.8. The van der Waals surface area contributed by atoms with Crippen molar-refractivity contribution in [3.63, 3.8) is 0 Å². The van der Waals surface area contributed by atoms with Crippen LogP contribution in [0.15, 0.2) is 32.7 Å². The Labute approximate surface area is 121 Å². The predicted octanol–water partition coefficient (Wildman–Crippen LogP) is 2.66. The summed E-state index contributed by atoms with van der Waals surface area (Å²) in [6, 6.07) is 5.61. The Bertz CT molecular complexity index is 662. The van der Waals surface area contributed by atoms with Gasteiger partial charge < -0.3 is 15.1 Å². The molecule has 2 heterocycles. The summed E-state index contributed by atoms with van der Waals surface area (Å²) in [6.45, 7) is 3.82. The average Bonchev–Trinajstić information content (AvgIpc) is 2.88. The first-order valence-corrected chi connectivity index (χ1v) is 7.14. The molecule has 0 spiro atoms. The highest BCUT2D eigenvalue weighted by molar-refractivity contribution is 7.99. The van der Waals surface area contributed by atoms with Gasteiger partial charge in [0.1, 0.15) is 11.8 Å². The zero-order chi connectivity index (χ0) is 14.3. The highest BCUT2D eigenvalue weighted by Crippen LogP contribution is 2.36. The molecule has 0 saturated heterocycles. The van der Waals surface area contributed by atoms with Crippen LogP contribution >= 0.6 is 11.8 Å². The number of oxazole rings is 1. The summed E-state index contributed by atoms with van der Waals surface area (Å²) < 4.78 is 5.55. The third kappa shape index (κ3) is 2.21. The van der Waals surface area contributed by atoms with Gasteiger partial charge in [-0.3, -0.25) is 4.79 Å². The SMILES string of the molecule is CNC1C(=O)Nc2cc(Sc3nc(C)c(C)o3)ccc21. The molecule has 1 aliphatic rings. The smallest absolute Gasteiger partial charge is 0.260 e. The van der Waals surface area contributed by atoms with Crippen molar-refractivity contribution in [2.75, 3.05) is 12.4 Å². The average molecular weight is 289 g/mol. The first kappa shape index (κ1) is 13.2. The van der Waals surface area contributed by atoms with Crippen molar-refractivity contribution in [2.45, 2.75) is 30.0 Å². The van der Waals surface area contributed by atoms with Crippen LogP contribution in [0.3, 0.4) is 0 Å². The molecule has 0 bridgehead atoms. The number of nitrogens with one attached hydrogen (secondary N) is 2. The van der Waals surface area contributed by atoms with Gasteiger partial charge in [0.25, 0.3) is 5.22 Å². The van der Waals surface area contributed by atoms with E-state index in [1.54, 1.807) is 7.05 Å². The first-order valence-electron chi connectivity index (χ1n) is 6.32. The minimum atomic E-state index is -0.268. The number of anilines is 1. The number of carbonyl (C=O) groups excluding carboxylic acids is 1. The molecule has 1 amide bonds. The minimum Gasteiger partial charge on any atom is -0.436 e. The molecule has 1 aliphatic heterocycles. The number of aromatic nitrogens is 1. The summed E-state index contributed by atoms with van der Waals surface area (Å²) in [5.41, 5.74) is 2.72. The van der Waals surface area contributed by atoms with Gasteiger partial charge in [-0.1, -0.05) is 6.07 Å². The molecular weight excluding hydrogens is 274 g/mol. The highest BCUT2D eigenvalue weighted by atomic mass is 32.2. The van der Waals surface area contributed by atoms with Crippen molar-refractivity contribution in [1.82, 2.24) is 10.3 Å². The van der Waals surface area contributed by atoms with Gasteiger partial charge in [0.2, 0.25) is 5.91 Å². The van der Waals surface area contributed by atoms with Crippen LogP contribution in [0.1, 0.15) is 23.1 Å². The summed E-state index contributed by atoms with van der Waals surface area (Å²) in [6.07, 6.45) is 0. The van der Waals surface area contributed by atoms with E-state index >= 15 is 0 Å². The zero-order valence-electron chi connectivity index (χ0n) is 11.5. The molecule has 0 aliphatic carbocycles. The largest absolute Gasteiger partial charge is 0.436 e. The lowest BCUT2D eigenvalue weighted by atomic mass is 10.1. The number of carbonyl (C=O) groups is 1. The lowest BCUT2D eigenvalue weighted by molar-refractivity contribution is -0.117. The van der Waals surface area contributed by atoms with Crippen molar-refractivity contribution in [3.8, 4) is 0 Å². The van der Waals surface area contributed by atoms with Gasteiger partial charge in [-0.05, 0) is 44.8 Å². The summed E-state index contributed by atoms with van der Waals surface area (Å²) >= 11 is 1.45. The Hall–Kier alpha value is -1.79. The van der Waals surface area contributed by atoms with Gasteiger partial charge in [0, 0.05) is 16.1 Å². The second kappa shape index (κ2) is 4.96. The molecule has 2 N–H and O–H groups in total. The molecule has 5 nitrogen and oxygen atoms in total. The van der Waals surface area contributed by atoms with Crippen molar-refractivity contribution in [3.05, 3.63) is 35.2 Å². The van der Waals surface area contributed by atoms with E-state index < -0.39 is 0 Å². The van der Waals surface area contributed by atoms with E-state index in [9.17, 15) is 4.79 Å². The number of likely N-dealkylation sites (N-methyl/N-ethyl adjacent to an activating group) is 1. The van der Waals surface area contributed by atoms with Gasteiger partial charge in [0.05, 0.1) is 5.69 Å². The molecule has 2 aromatic rings. The number of nitrogens with zero attached hydrogens (tertiary/aromatic N) is 1. The van der Waals surface area contributed by atoms with Crippen molar-refractivity contribution >= 4 is 23.4 Å². The number of hydrogen-bond donors (Lipinski definition) is 2. The van der Waals surface area contributed by atoms with Crippen LogP contribution in [-0.2, 0) is 4.79 Å². The first-order chi connectivity index (χ1) is 9.58. The molecule has 104 valence electrons. The van der Waals surface area contributed by atoms with E-state index in [-0.39, 0.29) is 11.9 Å². The fraction of sp³-hybridized carbons (Fsp3) is 0.286. The Morgan fingerprint density at radius 2 is 2.20 bits per heavy atom. The van der Waals surface area contributed by atoms with Crippen LogP contribution in [0.2, 0.25) is 0 Å². The number of rotatable bonds is 3. The van der Waals surface area contributed by atoms with E-state index in [1.807, 2.05) is 32.0 Å². The quantitative estimate of drug-likeness (QED) is 0.909. The molecule has 3 rings (SSSR count). The molecule has 1 unspecified atom stereocenters. The van der Waals surface area contributed by atoms with E-state index in [4.69, 9.17) is 4.42 Å². The van der Waals surface area contributed by atoms with E-state index in [0.717, 1.165) is 27.6 Å². The standard InChI is InChI=1S/C14H15N3O2S/c1-7-8(2)19-14(16-7)20-9-4-5-10-11(6-9)17-13(18)12(10)15-3/h4-6,12,15H,1-3H3,(H,17,18). The summed E-state index contributed by atoms with van der Waals surface area (Å²) in [7, 11) is 1.78. The molecule has 1 aromatic heterocycles. The summed E-state index contributed by atoms with van der Waals surface area (Å²) in [5, 5.41) is 6.50. The van der Waals surface area contributed by atoms with Crippen molar-refractivity contribution < 1.29 is 9.21 Å². The summed E-state index contributed by atoms with van der Waals surface area (Å²) in [5.74, 6) is 0.810. The molecule has 6 heteroatoms. The predicted molar refractivity (Wildman–Crippen MR) is 77.0 cm³/mol. The topological polar surface area (TPSA) is 67.2 Å². The normalized spacial score (nSPS) is 17.1. The molecule has 0 fully saturated rings. The maximum Gasteiger partial charge on any atom is 0.260 e. The molecule has 1 atom stereocenters. The van der Waals surface area contributed by atoms with Crippen LogP contribution in [0, 0.1) is 13.8 Å². The number of aryl methyl sites for hydroxylation is 2. The third-order valence-electron chi connectivity index (χ3n) is 3.36. The lowest BCUT2D eigenvalue weighted by Crippen LogP contribution is -2.23. The Morgan fingerprint density at radius 3 is 2.85 bits per heavy atom. The molecule has 0 saturated carbocycles. The van der Waals surface area contributed by atoms with Gasteiger partial charge in [-0.25, -0.2) is 4.98 Å². The van der Waals surface area contributed by atoms with Crippen LogP contribution in [0.5, 0.6) is 0 Å². The van der Waals surface area contributed by atoms with E-state index in [0.29, 0.717) is 5.22 Å². The van der Waals surface area contributed by atoms with E-state index in [2.05, 4.69) is 15.6 Å². The number of benzene rings is 1. The fourth-order valence-electron chi connectivity index (χ4n) is 2.18. The number of amides is 1. The van der Waals surface area contributed by atoms with Crippen LogP contribution in [0.25, 0.3) is 0 Å². The van der Waals surface area contributed by atoms with Crippen molar-refractivity contribution in [2.24, 2.45) is 0 Å². The third-order valence-corrected chi connectivity index (χ3v) is 4.20. The van der Waals surface area contributed by atoms with Gasteiger partial charge in [0.15, 0.2) is 0 Å². The maximum absolute atomic E-state index is 11.8. The highest BCUT2D eigenvalue weighted by Gasteiger charge is 2.29. The van der Waals surface area contributed by atoms with Crippen molar-refractivity contribution in [1.29, 1.82) is 0 Å². The number of fused-ring (bicyclic) bond motifs is 1. The van der Waals surface area contributed by atoms with Gasteiger partial charge >= 0.3 is 0 Å². The molecular formula is C14H15N3O2S. The Morgan fingerprint density at radius 1 is 1.40 bits per heavy atom. The van der Waals surface area contributed by atoms with Gasteiger partial charge in [-0.15, -0.1) is 0 Å². The van der Waals surface area contributed by atoms with Crippen LogP contribution in [0.4, 0.5) is 5.69 Å². The lowest BCUT2D eigenvalue weighted by Gasteiger charge is -2.06. The second-order valence-electron chi connectivity index (χ2n) is 4.68. The Kier molecular flexibility index (Phi) is 3.27. The van der Waals surface area contributed by atoms with Crippen LogP contribution in [-0.4, -0.2) is 17.9 Å². The second-order valence-corrected chi connectivity index (χ2v) is 5.71.